The minimum atomic E-state index is -2.96. The summed E-state index contributed by atoms with van der Waals surface area (Å²) < 4.78 is 29.9. The average molecular weight is 344 g/mol. The molecule has 1 unspecified atom stereocenters. The average Bonchev–Trinajstić information content (AvgIpc) is 3.14. The van der Waals surface area contributed by atoms with Crippen molar-refractivity contribution in [3.05, 3.63) is 40.6 Å². The Bertz CT molecular complexity index is 753. The molecule has 2 aromatic heterocycles. The van der Waals surface area contributed by atoms with Crippen molar-refractivity contribution >= 4 is 21.4 Å². The van der Waals surface area contributed by atoms with E-state index in [4.69, 9.17) is 16.0 Å². The molecule has 22 heavy (non-hydrogen) atoms. The molecule has 2 aromatic rings. The quantitative estimate of drug-likeness (QED) is 0.899. The summed E-state index contributed by atoms with van der Waals surface area (Å²) in [6, 6.07) is 1.74. The number of hydrogen-bond acceptors (Lipinski definition) is 5. The van der Waals surface area contributed by atoms with Gasteiger partial charge in [-0.3, -0.25) is 0 Å². The monoisotopic (exact) mass is 343 g/mol. The molecular weight excluding hydrogens is 326 g/mol. The van der Waals surface area contributed by atoms with Crippen LogP contribution < -0.4 is 5.32 Å². The van der Waals surface area contributed by atoms with E-state index in [9.17, 15) is 8.42 Å². The highest BCUT2D eigenvalue weighted by Gasteiger charge is 2.31. The van der Waals surface area contributed by atoms with Gasteiger partial charge in [-0.2, -0.15) is 5.10 Å². The van der Waals surface area contributed by atoms with E-state index in [0.717, 1.165) is 16.8 Å². The van der Waals surface area contributed by atoms with Crippen molar-refractivity contribution in [3.63, 3.8) is 0 Å². The number of rotatable bonds is 5. The van der Waals surface area contributed by atoms with Gasteiger partial charge < -0.3 is 9.73 Å². The fourth-order valence-electron chi connectivity index (χ4n) is 2.69. The van der Waals surface area contributed by atoms with Crippen LogP contribution in [0.3, 0.4) is 0 Å². The summed E-state index contributed by atoms with van der Waals surface area (Å²) in [6.07, 6.45) is 3.90. The fourth-order valence-corrected chi connectivity index (χ4v) is 4.76. The van der Waals surface area contributed by atoms with Crippen molar-refractivity contribution in [3.8, 4) is 0 Å². The summed E-state index contributed by atoms with van der Waals surface area (Å²) >= 11 is 6.41. The van der Waals surface area contributed by atoms with Gasteiger partial charge in [-0.25, -0.2) is 13.1 Å². The molecule has 0 amide bonds. The van der Waals surface area contributed by atoms with Crippen LogP contribution in [0.25, 0.3) is 0 Å². The zero-order valence-corrected chi connectivity index (χ0v) is 13.8. The van der Waals surface area contributed by atoms with E-state index in [2.05, 4.69) is 10.4 Å². The van der Waals surface area contributed by atoms with Gasteiger partial charge >= 0.3 is 0 Å². The molecule has 0 radical (unpaired) electrons. The highest BCUT2D eigenvalue weighted by atomic mass is 35.5. The second-order valence-electron chi connectivity index (χ2n) is 5.59. The first kappa shape index (κ1) is 15.6. The Labute approximate surface area is 134 Å². The number of furan rings is 1. The lowest BCUT2D eigenvalue weighted by Crippen LogP contribution is -2.14. The lowest BCUT2D eigenvalue weighted by Gasteiger charge is -2.10. The number of sulfone groups is 1. The van der Waals surface area contributed by atoms with E-state index < -0.39 is 9.84 Å². The lowest BCUT2D eigenvalue weighted by atomic mass is 10.2. The summed E-state index contributed by atoms with van der Waals surface area (Å²) in [5, 5.41) is 8.25. The molecule has 1 aliphatic heterocycles. The van der Waals surface area contributed by atoms with Crippen molar-refractivity contribution in [2.75, 3.05) is 11.5 Å². The standard InChI is InChI=1S/C14H18ClN3O3S/c1-10-13(7-16-6-11-2-4-21-8-11)14(15)18(17-10)12-3-5-22(19,20)9-12/h2,4,8,12,16H,3,5-7,9H2,1H3. The first-order chi connectivity index (χ1) is 10.5. The lowest BCUT2D eigenvalue weighted by molar-refractivity contribution is 0.497. The van der Waals surface area contributed by atoms with Crippen LogP contribution in [-0.4, -0.2) is 29.7 Å². The Hall–Kier alpha value is -1.31. The van der Waals surface area contributed by atoms with Crippen LogP contribution in [0.2, 0.25) is 5.15 Å². The third kappa shape index (κ3) is 3.21. The van der Waals surface area contributed by atoms with Gasteiger partial charge in [0.1, 0.15) is 5.15 Å². The van der Waals surface area contributed by atoms with Gasteiger partial charge in [0, 0.05) is 24.2 Å². The fraction of sp³-hybridized carbons (Fsp3) is 0.500. The Kier molecular flexibility index (Phi) is 4.29. The molecule has 0 aromatic carbocycles. The van der Waals surface area contributed by atoms with E-state index in [0.29, 0.717) is 24.7 Å². The SMILES string of the molecule is Cc1nn(C2CCS(=O)(=O)C2)c(Cl)c1CNCc1ccoc1. The highest BCUT2D eigenvalue weighted by molar-refractivity contribution is 7.91. The Morgan fingerprint density at radius 2 is 2.32 bits per heavy atom. The van der Waals surface area contributed by atoms with Crippen LogP contribution in [-0.2, 0) is 22.9 Å². The zero-order valence-electron chi connectivity index (χ0n) is 12.3. The molecule has 0 saturated carbocycles. The third-order valence-corrected chi connectivity index (χ3v) is 6.06. The van der Waals surface area contributed by atoms with Crippen LogP contribution in [0.15, 0.2) is 23.0 Å². The molecule has 120 valence electrons. The van der Waals surface area contributed by atoms with Crippen LogP contribution in [0.1, 0.15) is 29.3 Å². The van der Waals surface area contributed by atoms with E-state index in [1.54, 1.807) is 17.2 Å². The Morgan fingerprint density at radius 1 is 1.50 bits per heavy atom. The van der Waals surface area contributed by atoms with Gasteiger partial charge in [0.2, 0.25) is 0 Å². The summed E-state index contributed by atoms with van der Waals surface area (Å²) in [5.41, 5.74) is 2.80. The molecule has 1 fully saturated rings. The normalized spacial score (nSPS) is 20.5. The second-order valence-corrected chi connectivity index (χ2v) is 8.18. The minimum Gasteiger partial charge on any atom is -0.472 e. The topological polar surface area (TPSA) is 77.1 Å². The highest BCUT2D eigenvalue weighted by Crippen LogP contribution is 2.29. The van der Waals surface area contributed by atoms with Crippen molar-refractivity contribution in [1.82, 2.24) is 15.1 Å². The van der Waals surface area contributed by atoms with Gasteiger partial charge in [-0.1, -0.05) is 11.6 Å². The molecule has 0 spiro atoms. The van der Waals surface area contributed by atoms with Gasteiger partial charge in [-0.05, 0) is 19.4 Å². The Balaban J connectivity index is 1.70. The molecule has 1 N–H and O–H groups in total. The zero-order chi connectivity index (χ0) is 15.7. The predicted molar refractivity (Wildman–Crippen MR) is 83.5 cm³/mol. The number of nitrogens with zero attached hydrogens (tertiary/aromatic N) is 2. The van der Waals surface area contributed by atoms with E-state index in [1.165, 1.54) is 0 Å². The summed E-state index contributed by atoms with van der Waals surface area (Å²) in [4.78, 5) is 0. The van der Waals surface area contributed by atoms with E-state index in [1.807, 2.05) is 13.0 Å². The maximum Gasteiger partial charge on any atom is 0.152 e. The van der Waals surface area contributed by atoms with Crippen LogP contribution in [0.4, 0.5) is 0 Å². The summed E-state index contributed by atoms with van der Waals surface area (Å²) in [5.74, 6) is 0.330. The number of halogens is 1. The van der Waals surface area contributed by atoms with Crippen molar-refractivity contribution in [2.24, 2.45) is 0 Å². The molecule has 1 aliphatic rings. The number of aryl methyl sites for hydroxylation is 1. The van der Waals surface area contributed by atoms with Gasteiger partial charge in [0.05, 0.1) is 35.8 Å². The first-order valence-electron chi connectivity index (χ1n) is 7.12. The molecular formula is C14H18ClN3O3S. The third-order valence-electron chi connectivity index (χ3n) is 3.91. The molecule has 3 heterocycles. The van der Waals surface area contributed by atoms with E-state index >= 15 is 0 Å². The second kappa shape index (κ2) is 6.06. The molecule has 6 nitrogen and oxygen atoms in total. The largest absolute Gasteiger partial charge is 0.472 e. The summed E-state index contributed by atoms with van der Waals surface area (Å²) in [6.45, 7) is 3.14. The maximum absolute atomic E-state index is 11.6. The van der Waals surface area contributed by atoms with E-state index in [-0.39, 0.29) is 17.5 Å². The van der Waals surface area contributed by atoms with Crippen molar-refractivity contribution in [2.45, 2.75) is 32.5 Å². The molecule has 1 saturated heterocycles. The predicted octanol–water partition coefficient (Wildman–Crippen LogP) is 2.09. The van der Waals surface area contributed by atoms with Crippen LogP contribution >= 0.6 is 11.6 Å². The summed E-state index contributed by atoms with van der Waals surface area (Å²) in [7, 11) is -2.96. The van der Waals surface area contributed by atoms with Crippen molar-refractivity contribution in [1.29, 1.82) is 0 Å². The molecule has 8 heteroatoms. The van der Waals surface area contributed by atoms with Crippen LogP contribution in [0.5, 0.6) is 0 Å². The minimum absolute atomic E-state index is 0.121. The van der Waals surface area contributed by atoms with Gasteiger partial charge in [0.25, 0.3) is 0 Å². The first-order valence-corrected chi connectivity index (χ1v) is 9.32. The number of nitrogens with one attached hydrogen (secondary N) is 1. The van der Waals surface area contributed by atoms with Crippen LogP contribution in [0, 0.1) is 6.92 Å². The smallest absolute Gasteiger partial charge is 0.152 e. The molecule has 1 atom stereocenters. The Morgan fingerprint density at radius 3 is 2.95 bits per heavy atom. The van der Waals surface area contributed by atoms with Crippen molar-refractivity contribution < 1.29 is 12.8 Å². The van der Waals surface area contributed by atoms with Gasteiger partial charge in [0.15, 0.2) is 9.84 Å². The number of hydrogen-bond donors (Lipinski definition) is 1. The molecule has 0 aliphatic carbocycles. The number of aromatic nitrogens is 2. The maximum atomic E-state index is 11.6. The molecule has 3 rings (SSSR count). The van der Waals surface area contributed by atoms with Gasteiger partial charge in [-0.15, -0.1) is 0 Å². The molecule has 0 bridgehead atoms.